The number of aromatic amines is 1. The molecule has 2 aromatic rings. The lowest BCUT2D eigenvalue weighted by atomic mass is 10.0. The number of hydrogen-bond acceptors (Lipinski definition) is 4. The van der Waals surface area contributed by atoms with E-state index in [0.29, 0.717) is 13.0 Å². The summed E-state index contributed by atoms with van der Waals surface area (Å²) in [6.07, 6.45) is 1.92. The second kappa shape index (κ2) is 4.97. The van der Waals surface area contributed by atoms with Gasteiger partial charge in [-0.3, -0.25) is 0 Å². The highest BCUT2D eigenvalue weighted by Gasteiger charge is 2.35. The van der Waals surface area contributed by atoms with Crippen LogP contribution in [0.1, 0.15) is 33.9 Å². The topological polar surface area (TPSA) is 90.5 Å². The quantitative estimate of drug-likeness (QED) is 0.903. The number of aromatic nitrogens is 1. The normalized spacial score (nSPS) is 19.4. The number of nitrogens with zero attached hydrogens (tertiary/aromatic N) is 1. The van der Waals surface area contributed by atoms with Gasteiger partial charge < -0.3 is 10.1 Å². The number of thiophene rings is 1. The molecule has 0 aromatic carbocycles. The minimum absolute atomic E-state index is 0.00886. The zero-order chi connectivity index (χ0) is 15.2. The maximum atomic E-state index is 12.7. The molecule has 0 bridgehead atoms. The number of hydrogen-bond donors (Lipinski definition) is 2. The van der Waals surface area contributed by atoms with Crippen LogP contribution in [0.2, 0.25) is 0 Å². The first kappa shape index (κ1) is 14.3. The van der Waals surface area contributed by atoms with Crippen molar-refractivity contribution in [1.82, 2.24) is 9.29 Å². The molecule has 1 atom stereocenters. The molecule has 2 N–H and O–H groups in total. The number of nitrogens with one attached hydrogen (secondary N) is 1. The van der Waals surface area contributed by atoms with Crippen LogP contribution in [0.5, 0.6) is 0 Å². The molecular formula is C13H14N2O4S2. The molecule has 0 radical (unpaired) electrons. The lowest BCUT2D eigenvalue weighted by Crippen LogP contribution is -2.38. The van der Waals surface area contributed by atoms with Crippen LogP contribution in [0.15, 0.2) is 28.6 Å². The molecule has 0 fully saturated rings. The summed E-state index contributed by atoms with van der Waals surface area (Å²) in [5, 5.41) is 10.9. The molecule has 1 aliphatic rings. The first-order valence-corrected chi connectivity index (χ1v) is 8.73. The van der Waals surface area contributed by atoms with Crippen LogP contribution in [0.3, 0.4) is 0 Å². The van der Waals surface area contributed by atoms with E-state index >= 15 is 0 Å². The fraction of sp³-hybridized carbons (Fsp3) is 0.308. The van der Waals surface area contributed by atoms with E-state index in [1.165, 1.54) is 15.4 Å². The summed E-state index contributed by atoms with van der Waals surface area (Å²) in [6, 6.07) is 2.87. The molecule has 1 aliphatic heterocycles. The van der Waals surface area contributed by atoms with Gasteiger partial charge in [0.05, 0.1) is 0 Å². The molecule has 0 amide bonds. The minimum Gasteiger partial charge on any atom is -0.477 e. The van der Waals surface area contributed by atoms with Gasteiger partial charge in [0.15, 0.2) is 0 Å². The Balaban J connectivity index is 1.97. The highest BCUT2D eigenvalue weighted by molar-refractivity contribution is 7.89. The van der Waals surface area contributed by atoms with Crippen LogP contribution in [-0.2, 0) is 16.4 Å². The van der Waals surface area contributed by atoms with Crippen LogP contribution in [0.4, 0.5) is 0 Å². The van der Waals surface area contributed by atoms with Crippen molar-refractivity contribution in [3.8, 4) is 0 Å². The van der Waals surface area contributed by atoms with E-state index in [1.807, 2.05) is 18.4 Å². The van der Waals surface area contributed by atoms with Gasteiger partial charge in [0.25, 0.3) is 0 Å². The first-order chi connectivity index (χ1) is 9.91. The fourth-order valence-corrected chi connectivity index (χ4v) is 5.17. The molecule has 0 saturated heterocycles. The molecule has 3 rings (SSSR count). The van der Waals surface area contributed by atoms with Gasteiger partial charge in [0, 0.05) is 23.7 Å². The zero-order valence-corrected chi connectivity index (χ0v) is 12.9. The standard InChI is InChI=1S/C13H14N2O4S2/c1-8-10-3-5-20-12(10)2-4-15(8)21(18,19)9-6-11(13(16)17)14-7-9/h3,5-8,14H,2,4H2,1H3,(H,16,17). The maximum Gasteiger partial charge on any atom is 0.352 e. The number of H-pyrrole nitrogens is 1. The van der Waals surface area contributed by atoms with E-state index < -0.39 is 16.0 Å². The van der Waals surface area contributed by atoms with Gasteiger partial charge in [0.1, 0.15) is 10.6 Å². The lowest BCUT2D eigenvalue weighted by Gasteiger charge is -2.32. The number of carbonyl (C=O) groups is 1. The van der Waals surface area contributed by atoms with Gasteiger partial charge in [-0.25, -0.2) is 13.2 Å². The van der Waals surface area contributed by atoms with Gasteiger partial charge in [-0.05, 0) is 36.4 Å². The predicted octanol–water partition coefficient (Wildman–Crippen LogP) is 2.08. The van der Waals surface area contributed by atoms with Crippen LogP contribution in [0.25, 0.3) is 0 Å². The molecule has 2 aromatic heterocycles. The van der Waals surface area contributed by atoms with Crippen molar-refractivity contribution in [2.75, 3.05) is 6.54 Å². The highest BCUT2D eigenvalue weighted by Crippen LogP contribution is 2.36. The number of aromatic carboxylic acids is 1. The van der Waals surface area contributed by atoms with Gasteiger partial charge in [0.2, 0.25) is 10.0 Å². The molecule has 8 heteroatoms. The van der Waals surface area contributed by atoms with E-state index in [0.717, 1.165) is 11.6 Å². The van der Waals surface area contributed by atoms with E-state index in [1.54, 1.807) is 11.3 Å². The number of carboxylic acid groups (broad SMARTS) is 1. The van der Waals surface area contributed by atoms with Gasteiger partial charge in [-0.15, -0.1) is 11.3 Å². The Morgan fingerprint density at radius 3 is 2.95 bits per heavy atom. The van der Waals surface area contributed by atoms with Crippen LogP contribution < -0.4 is 0 Å². The largest absolute Gasteiger partial charge is 0.477 e. The number of fused-ring (bicyclic) bond motifs is 1. The summed E-state index contributed by atoms with van der Waals surface area (Å²) >= 11 is 1.64. The van der Waals surface area contributed by atoms with Crippen molar-refractivity contribution < 1.29 is 18.3 Å². The molecule has 0 saturated carbocycles. The summed E-state index contributed by atoms with van der Waals surface area (Å²) in [7, 11) is -3.70. The molecule has 112 valence electrons. The molecule has 0 aliphatic carbocycles. The van der Waals surface area contributed by atoms with Gasteiger partial charge >= 0.3 is 5.97 Å². The molecule has 6 nitrogen and oxygen atoms in total. The lowest BCUT2D eigenvalue weighted by molar-refractivity contribution is 0.0691. The maximum absolute atomic E-state index is 12.7. The van der Waals surface area contributed by atoms with E-state index in [-0.39, 0.29) is 16.6 Å². The van der Waals surface area contributed by atoms with Crippen LogP contribution in [-0.4, -0.2) is 35.3 Å². The van der Waals surface area contributed by atoms with E-state index in [4.69, 9.17) is 5.11 Å². The molecule has 0 spiro atoms. The number of sulfonamides is 1. The Bertz CT molecular complexity index is 791. The third kappa shape index (κ3) is 2.29. The van der Waals surface area contributed by atoms with Crippen LogP contribution >= 0.6 is 11.3 Å². The minimum atomic E-state index is -3.70. The highest BCUT2D eigenvalue weighted by atomic mass is 32.2. The third-order valence-corrected chi connectivity index (χ3v) is 6.66. The van der Waals surface area contributed by atoms with Crippen molar-refractivity contribution in [3.05, 3.63) is 39.8 Å². The molecule has 1 unspecified atom stereocenters. The Labute approximate surface area is 126 Å². The Kier molecular flexibility index (Phi) is 3.39. The first-order valence-electron chi connectivity index (χ1n) is 6.41. The van der Waals surface area contributed by atoms with Crippen molar-refractivity contribution >= 4 is 27.3 Å². The average molecular weight is 326 g/mol. The average Bonchev–Trinajstić information content (AvgIpc) is 3.08. The summed E-state index contributed by atoms with van der Waals surface area (Å²) in [6.45, 7) is 2.26. The number of carboxylic acids is 1. The van der Waals surface area contributed by atoms with E-state index in [9.17, 15) is 13.2 Å². The summed E-state index contributed by atoms with van der Waals surface area (Å²) in [5.41, 5.74) is 0.901. The summed E-state index contributed by atoms with van der Waals surface area (Å²) < 4.78 is 26.8. The second-order valence-corrected chi connectivity index (χ2v) is 7.79. The van der Waals surface area contributed by atoms with Crippen LogP contribution in [0, 0.1) is 0 Å². The van der Waals surface area contributed by atoms with Crippen molar-refractivity contribution in [2.24, 2.45) is 0 Å². The Morgan fingerprint density at radius 2 is 2.29 bits per heavy atom. The second-order valence-electron chi connectivity index (χ2n) is 4.90. The van der Waals surface area contributed by atoms with Crippen molar-refractivity contribution in [1.29, 1.82) is 0 Å². The monoisotopic (exact) mass is 326 g/mol. The smallest absolute Gasteiger partial charge is 0.352 e. The zero-order valence-electron chi connectivity index (χ0n) is 11.2. The predicted molar refractivity (Wildman–Crippen MR) is 78.1 cm³/mol. The number of rotatable bonds is 3. The Hall–Kier alpha value is -1.64. The Morgan fingerprint density at radius 1 is 1.52 bits per heavy atom. The third-order valence-electron chi connectivity index (χ3n) is 3.71. The summed E-state index contributed by atoms with van der Waals surface area (Å²) in [4.78, 5) is 14.6. The van der Waals surface area contributed by atoms with Crippen molar-refractivity contribution in [3.63, 3.8) is 0 Å². The van der Waals surface area contributed by atoms with Gasteiger partial charge in [-0.2, -0.15) is 4.31 Å². The SMILES string of the molecule is CC1c2ccsc2CCN1S(=O)(=O)c1c[nH]c(C(=O)O)c1. The molecule has 21 heavy (non-hydrogen) atoms. The van der Waals surface area contributed by atoms with Crippen molar-refractivity contribution in [2.45, 2.75) is 24.3 Å². The fourth-order valence-electron chi connectivity index (χ4n) is 2.60. The van der Waals surface area contributed by atoms with E-state index in [2.05, 4.69) is 4.98 Å². The summed E-state index contributed by atoms with van der Waals surface area (Å²) in [5.74, 6) is -1.18. The molecular weight excluding hydrogens is 312 g/mol. The van der Waals surface area contributed by atoms with Gasteiger partial charge in [-0.1, -0.05) is 0 Å². The molecule has 3 heterocycles.